The Bertz CT molecular complexity index is 722. The second-order valence-corrected chi connectivity index (χ2v) is 7.78. The zero-order chi connectivity index (χ0) is 18.4. The van der Waals surface area contributed by atoms with Gasteiger partial charge < -0.3 is 19.7 Å². The third-order valence-electron chi connectivity index (χ3n) is 3.92. The Hall–Kier alpha value is -1.91. The number of aryl methyl sites for hydroxylation is 1. The number of amides is 1. The number of carboxylic acids is 1. The van der Waals surface area contributed by atoms with Crippen LogP contribution in [0, 0.1) is 0 Å². The summed E-state index contributed by atoms with van der Waals surface area (Å²) >= 11 is 0. The van der Waals surface area contributed by atoms with Gasteiger partial charge in [0.15, 0.2) is 0 Å². The van der Waals surface area contributed by atoms with Crippen molar-refractivity contribution in [3.8, 4) is 0 Å². The molecular weight excluding hydrogens is 350 g/mol. The normalized spacial score (nSPS) is 15.9. The van der Waals surface area contributed by atoms with Crippen molar-refractivity contribution in [1.29, 1.82) is 0 Å². The third-order valence-corrected chi connectivity index (χ3v) is 5.79. The molecule has 2 heterocycles. The first-order chi connectivity index (χ1) is 11.8. The van der Waals surface area contributed by atoms with Crippen LogP contribution < -0.4 is 5.32 Å². The molecule has 1 amide bonds. The van der Waals surface area contributed by atoms with Crippen LogP contribution in [0.4, 0.5) is 0 Å². The van der Waals surface area contributed by atoms with E-state index in [4.69, 9.17) is 9.84 Å². The first-order valence-electron chi connectivity index (χ1n) is 8.06. The van der Waals surface area contributed by atoms with Gasteiger partial charge in [0.2, 0.25) is 10.0 Å². The van der Waals surface area contributed by atoms with Crippen molar-refractivity contribution in [3.63, 3.8) is 0 Å². The van der Waals surface area contributed by atoms with Crippen LogP contribution in [-0.2, 0) is 26.6 Å². The standard InChI is InChI=1S/C15H23N3O6S/c1-17-10-12(25(22,23)18-6-3-2-4-7-18)9-13(17)15(21)16-5-8-24-11-14(19)20/h9-10H,2-8,11H2,1H3,(H,16,21)(H,19,20). The molecule has 2 N–H and O–H groups in total. The molecule has 1 aliphatic heterocycles. The van der Waals surface area contributed by atoms with Gasteiger partial charge in [0.05, 0.1) is 6.61 Å². The number of ether oxygens (including phenoxy) is 1. The quantitative estimate of drug-likeness (QED) is 0.621. The smallest absolute Gasteiger partial charge is 0.329 e. The second-order valence-electron chi connectivity index (χ2n) is 5.84. The van der Waals surface area contributed by atoms with Crippen molar-refractivity contribution in [3.05, 3.63) is 18.0 Å². The van der Waals surface area contributed by atoms with E-state index in [1.54, 1.807) is 7.05 Å². The number of piperidine rings is 1. The number of rotatable bonds is 8. The molecule has 0 aliphatic carbocycles. The predicted molar refractivity (Wildman–Crippen MR) is 88.8 cm³/mol. The lowest BCUT2D eigenvalue weighted by Crippen LogP contribution is -2.35. The van der Waals surface area contributed by atoms with E-state index in [1.807, 2.05) is 0 Å². The van der Waals surface area contributed by atoms with E-state index in [0.717, 1.165) is 19.3 Å². The zero-order valence-electron chi connectivity index (χ0n) is 14.1. The van der Waals surface area contributed by atoms with Crippen LogP contribution in [0.3, 0.4) is 0 Å². The summed E-state index contributed by atoms with van der Waals surface area (Å²) in [6.07, 6.45) is 4.14. The highest BCUT2D eigenvalue weighted by Gasteiger charge is 2.28. The highest BCUT2D eigenvalue weighted by molar-refractivity contribution is 7.89. The first kappa shape index (κ1) is 19.4. The largest absolute Gasteiger partial charge is 0.480 e. The number of aliphatic carboxylic acids is 1. The summed E-state index contributed by atoms with van der Waals surface area (Å²) in [5.41, 5.74) is 0.216. The van der Waals surface area contributed by atoms with Crippen LogP contribution in [0.1, 0.15) is 29.8 Å². The van der Waals surface area contributed by atoms with E-state index in [2.05, 4.69) is 5.32 Å². The number of carbonyl (C=O) groups is 2. The summed E-state index contributed by atoms with van der Waals surface area (Å²) in [6.45, 7) is 0.754. The molecule has 9 nitrogen and oxygen atoms in total. The van der Waals surface area contributed by atoms with Crippen molar-refractivity contribution in [1.82, 2.24) is 14.2 Å². The van der Waals surface area contributed by atoms with Crippen LogP contribution in [0.15, 0.2) is 17.2 Å². The Morgan fingerprint density at radius 1 is 1.28 bits per heavy atom. The topological polar surface area (TPSA) is 118 Å². The lowest BCUT2D eigenvalue weighted by Gasteiger charge is -2.25. The maximum atomic E-state index is 12.6. The minimum atomic E-state index is -3.59. The minimum absolute atomic E-state index is 0.0569. The molecule has 0 bridgehead atoms. The molecule has 0 radical (unpaired) electrons. The Morgan fingerprint density at radius 3 is 2.60 bits per heavy atom. The number of nitrogens with one attached hydrogen (secondary N) is 1. The fraction of sp³-hybridized carbons (Fsp3) is 0.600. The maximum Gasteiger partial charge on any atom is 0.329 e. The molecule has 10 heteroatoms. The van der Waals surface area contributed by atoms with Crippen molar-refractivity contribution < 1.29 is 27.9 Å². The molecule has 1 saturated heterocycles. The Morgan fingerprint density at radius 2 is 1.96 bits per heavy atom. The molecule has 1 fully saturated rings. The summed E-state index contributed by atoms with van der Waals surface area (Å²) < 4.78 is 33.0. The van der Waals surface area contributed by atoms with E-state index in [9.17, 15) is 18.0 Å². The Kier molecular flexibility index (Phi) is 6.57. The van der Waals surface area contributed by atoms with E-state index < -0.39 is 28.5 Å². The first-order valence-corrected chi connectivity index (χ1v) is 9.50. The van der Waals surface area contributed by atoms with Crippen LogP contribution in [0.5, 0.6) is 0 Å². The highest BCUT2D eigenvalue weighted by atomic mass is 32.2. The highest BCUT2D eigenvalue weighted by Crippen LogP contribution is 2.22. The monoisotopic (exact) mass is 373 g/mol. The van der Waals surface area contributed by atoms with E-state index in [-0.39, 0.29) is 23.7 Å². The molecule has 0 atom stereocenters. The molecule has 0 spiro atoms. The van der Waals surface area contributed by atoms with Gasteiger partial charge in [-0.05, 0) is 18.9 Å². The molecular formula is C15H23N3O6S. The van der Waals surface area contributed by atoms with Gasteiger partial charge in [-0.25, -0.2) is 13.2 Å². The summed E-state index contributed by atoms with van der Waals surface area (Å²) in [4.78, 5) is 22.6. The van der Waals surface area contributed by atoms with Crippen molar-refractivity contribution in [2.24, 2.45) is 7.05 Å². The minimum Gasteiger partial charge on any atom is -0.480 e. The number of sulfonamides is 1. The number of aromatic nitrogens is 1. The summed E-state index contributed by atoms with van der Waals surface area (Å²) in [6, 6.07) is 1.36. The number of nitrogens with zero attached hydrogens (tertiary/aromatic N) is 2. The van der Waals surface area contributed by atoms with Gasteiger partial charge in [0.1, 0.15) is 17.2 Å². The lowest BCUT2D eigenvalue weighted by molar-refractivity contribution is -0.142. The van der Waals surface area contributed by atoms with Gasteiger partial charge in [-0.15, -0.1) is 0 Å². The van der Waals surface area contributed by atoms with E-state index in [1.165, 1.54) is 21.1 Å². The average molecular weight is 373 g/mol. The van der Waals surface area contributed by atoms with Crippen LogP contribution in [0.25, 0.3) is 0 Å². The molecule has 1 aromatic heterocycles. The molecule has 0 unspecified atom stereocenters. The SMILES string of the molecule is Cn1cc(S(=O)(=O)N2CCCCC2)cc1C(=O)NCCOCC(=O)O. The van der Waals surface area contributed by atoms with Gasteiger partial charge >= 0.3 is 5.97 Å². The molecule has 0 saturated carbocycles. The Balaban J connectivity index is 1.98. The van der Waals surface area contributed by atoms with Crippen molar-refractivity contribution >= 4 is 21.9 Å². The van der Waals surface area contributed by atoms with Crippen LogP contribution in [0.2, 0.25) is 0 Å². The zero-order valence-corrected chi connectivity index (χ0v) is 14.9. The summed E-state index contributed by atoms with van der Waals surface area (Å²) in [5, 5.41) is 11.0. The molecule has 1 aromatic rings. The molecule has 2 rings (SSSR count). The second kappa shape index (κ2) is 8.45. The van der Waals surface area contributed by atoms with Crippen LogP contribution >= 0.6 is 0 Å². The lowest BCUT2D eigenvalue weighted by atomic mass is 10.2. The molecule has 140 valence electrons. The van der Waals surface area contributed by atoms with Gasteiger partial charge in [0, 0.05) is 32.9 Å². The third kappa shape index (κ3) is 5.03. The fourth-order valence-corrected chi connectivity index (χ4v) is 4.23. The van der Waals surface area contributed by atoms with Crippen molar-refractivity contribution in [2.75, 3.05) is 32.8 Å². The fourth-order valence-electron chi connectivity index (χ4n) is 2.64. The van der Waals surface area contributed by atoms with Crippen molar-refractivity contribution in [2.45, 2.75) is 24.2 Å². The van der Waals surface area contributed by atoms with Gasteiger partial charge in [-0.3, -0.25) is 4.79 Å². The maximum absolute atomic E-state index is 12.6. The number of carboxylic acid groups (broad SMARTS) is 1. The number of hydrogen-bond donors (Lipinski definition) is 2. The van der Waals surface area contributed by atoms with Gasteiger partial charge in [-0.1, -0.05) is 6.42 Å². The van der Waals surface area contributed by atoms with Gasteiger partial charge in [-0.2, -0.15) is 4.31 Å². The number of carbonyl (C=O) groups excluding carboxylic acids is 1. The summed E-state index contributed by atoms with van der Waals surface area (Å²) in [7, 11) is -1.99. The number of hydrogen-bond acceptors (Lipinski definition) is 5. The summed E-state index contributed by atoms with van der Waals surface area (Å²) in [5.74, 6) is -1.53. The average Bonchev–Trinajstić information content (AvgIpc) is 2.97. The predicted octanol–water partition coefficient (Wildman–Crippen LogP) is 0.0307. The van der Waals surface area contributed by atoms with Gasteiger partial charge in [0.25, 0.3) is 5.91 Å². The molecule has 0 aromatic carbocycles. The van der Waals surface area contributed by atoms with E-state index >= 15 is 0 Å². The molecule has 25 heavy (non-hydrogen) atoms. The molecule has 1 aliphatic rings. The van der Waals surface area contributed by atoms with Crippen LogP contribution in [-0.4, -0.2) is 67.1 Å². The van der Waals surface area contributed by atoms with E-state index in [0.29, 0.717) is 13.1 Å². The Labute approximate surface area is 146 Å².